The number of benzene rings is 2. The Morgan fingerprint density at radius 3 is 2.72 bits per heavy atom. The number of amides is 2. The maximum atomic E-state index is 11.9. The predicted molar refractivity (Wildman–Crippen MR) is 95.2 cm³/mol. The molecule has 2 aromatic carbocycles. The standard InChI is InChI=1S/C17H16ClN3O4/c1-10-6-7-12(18)8-13(10)20-16(23)17(24)21-19-9-11-4-3-5-14(25-2)15(11)22/h3-9,22H,1-2H3,(H,20,23)(H,21,24)/b19-9-. The van der Waals surface area contributed by atoms with Crippen LogP contribution in [0.4, 0.5) is 5.69 Å². The van der Waals surface area contributed by atoms with E-state index in [2.05, 4.69) is 15.8 Å². The number of carbonyl (C=O) groups excluding carboxylic acids is 2. The fraction of sp³-hybridized carbons (Fsp3) is 0.118. The van der Waals surface area contributed by atoms with Crippen molar-refractivity contribution in [3.63, 3.8) is 0 Å². The number of rotatable bonds is 4. The van der Waals surface area contributed by atoms with E-state index in [1.54, 1.807) is 43.3 Å². The monoisotopic (exact) mass is 361 g/mol. The molecule has 0 saturated carbocycles. The summed E-state index contributed by atoms with van der Waals surface area (Å²) in [6.07, 6.45) is 1.20. The molecule has 0 spiro atoms. The zero-order valence-electron chi connectivity index (χ0n) is 13.5. The molecule has 0 unspecified atom stereocenters. The lowest BCUT2D eigenvalue weighted by molar-refractivity contribution is -0.136. The lowest BCUT2D eigenvalue weighted by atomic mass is 10.2. The summed E-state index contributed by atoms with van der Waals surface area (Å²) in [5, 5.41) is 16.4. The van der Waals surface area contributed by atoms with Gasteiger partial charge in [-0.1, -0.05) is 23.7 Å². The molecule has 0 aliphatic rings. The molecule has 2 amide bonds. The summed E-state index contributed by atoms with van der Waals surface area (Å²) in [6.45, 7) is 1.77. The molecule has 0 aromatic heterocycles. The Labute approximate surface area is 149 Å². The summed E-state index contributed by atoms with van der Waals surface area (Å²) in [4.78, 5) is 23.7. The SMILES string of the molecule is COc1cccc(/C=N\NC(=O)C(=O)Nc2cc(Cl)ccc2C)c1O. The molecule has 0 radical (unpaired) electrons. The smallest absolute Gasteiger partial charge is 0.329 e. The fourth-order valence-corrected chi connectivity index (χ4v) is 2.10. The topological polar surface area (TPSA) is 100 Å². The molecule has 130 valence electrons. The summed E-state index contributed by atoms with van der Waals surface area (Å²) in [7, 11) is 1.42. The first kappa shape index (κ1) is 18.3. The maximum absolute atomic E-state index is 11.9. The van der Waals surface area contributed by atoms with Crippen molar-refractivity contribution in [1.82, 2.24) is 5.43 Å². The number of ether oxygens (including phenoxy) is 1. The highest BCUT2D eigenvalue weighted by atomic mass is 35.5. The molecule has 0 atom stereocenters. The van der Waals surface area contributed by atoms with Gasteiger partial charge in [0, 0.05) is 16.3 Å². The number of phenolic OH excluding ortho intramolecular Hbond substituents is 1. The molecule has 7 nitrogen and oxygen atoms in total. The molecule has 2 aromatic rings. The Bertz CT molecular complexity index is 837. The number of nitrogens with zero attached hydrogens (tertiary/aromatic N) is 1. The van der Waals surface area contributed by atoms with Crippen LogP contribution in [-0.2, 0) is 9.59 Å². The molecule has 0 fully saturated rings. The third-order valence-electron chi connectivity index (χ3n) is 3.27. The van der Waals surface area contributed by atoms with Crippen LogP contribution in [0.5, 0.6) is 11.5 Å². The van der Waals surface area contributed by atoms with Crippen molar-refractivity contribution in [1.29, 1.82) is 0 Å². The average Bonchev–Trinajstić information content (AvgIpc) is 2.59. The van der Waals surface area contributed by atoms with Gasteiger partial charge in [-0.2, -0.15) is 5.10 Å². The number of anilines is 1. The van der Waals surface area contributed by atoms with E-state index in [9.17, 15) is 14.7 Å². The second kappa shape index (κ2) is 8.16. The molecule has 3 N–H and O–H groups in total. The van der Waals surface area contributed by atoms with Crippen LogP contribution in [0.25, 0.3) is 0 Å². The Hall–Kier alpha value is -3.06. The minimum atomic E-state index is -0.960. The fourth-order valence-electron chi connectivity index (χ4n) is 1.93. The number of methoxy groups -OCH3 is 1. The summed E-state index contributed by atoms with van der Waals surface area (Å²) in [5.41, 5.74) is 3.60. The largest absolute Gasteiger partial charge is 0.504 e. The van der Waals surface area contributed by atoms with Crippen LogP contribution in [0.15, 0.2) is 41.5 Å². The lowest BCUT2D eigenvalue weighted by Crippen LogP contribution is -2.32. The van der Waals surface area contributed by atoms with Crippen molar-refractivity contribution in [3.8, 4) is 11.5 Å². The van der Waals surface area contributed by atoms with E-state index in [4.69, 9.17) is 16.3 Å². The predicted octanol–water partition coefficient (Wildman–Crippen LogP) is 2.45. The van der Waals surface area contributed by atoms with Gasteiger partial charge in [0.1, 0.15) is 0 Å². The first-order valence-corrected chi connectivity index (χ1v) is 7.56. The van der Waals surface area contributed by atoms with Crippen LogP contribution in [0.3, 0.4) is 0 Å². The van der Waals surface area contributed by atoms with Crippen LogP contribution < -0.4 is 15.5 Å². The second-order valence-corrected chi connectivity index (χ2v) is 5.45. The molecule has 25 heavy (non-hydrogen) atoms. The van der Waals surface area contributed by atoms with Crippen molar-refractivity contribution < 1.29 is 19.4 Å². The number of hydrogen-bond donors (Lipinski definition) is 3. The van der Waals surface area contributed by atoms with Gasteiger partial charge in [-0.3, -0.25) is 9.59 Å². The minimum absolute atomic E-state index is 0.123. The van der Waals surface area contributed by atoms with Gasteiger partial charge < -0.3 is 15.2 Å². The van der Waals surface area contributed by atoms with E-state index >= 15 is 0 Å². The van der Waals surface area contributed by atoms with Crippen molar-refractivity contribution in [2.24, 2.45) is 5.10 Å². The number of phenols is 1. The third kappa shape index (κ3) is 4.71. The van der Waals surface area contributed by atoms with E-state index in [1.807, 2.05) is 0 Å². The first-order valence-electron chi connectivity index (χ1n) is 7.19. The molecular formula is C17H16ClN3O4. The zero-order chi connectivity index (χ0) is 18.4. The molecule has 0 heterocycles. The summed E-state index contributed by atoms with van der Waals surface area (Å²) < 4.78 is 4.96. The Morgan fingerprint density at radius 2 is 2.00 bits per heavy atom. The number of aryl methyl sites for hydroxylation is 1. The molecule has 2 rings (SSSR count). The number of hydrazone groups is 1. The van der Waals surface area contributed by atoms with E-state index in [0.29, 0.717) is 16.3 Å². The highest BCUT2D eigenvalue weighted by Crippen LogP contribution is 2.27. The first-order chi connectivity index (χ1) is 11.9. The highest BCUT2D eigenvalue weighted by Gasteiger charge is 2.14. The normalized spacial score (nSPS) is 10.5. The molecular weight excluding hydrogens is 346 g/mol. The number of halogens is 1. The van der Waals surface area contributed by atoms with Gasteiger partial charge in [-0.05, 0) is 36.8 Å². The number of nitrogens with one attached hydrogen (secondary N) is 2. The van der Waals surface area contributed by atoms with E-state index < -0.39 is 11.8 Å². The van der Waals surface area contributed by atoms with Gasteiger partial charge in [0.05, 0.1) is 13.3 Å². The van der Waals surface area contributed by atoms with E-state index in [1.165, 1.54) is 13.3 Å². The number of carbonyl (C=O) groups is 2. The van der Waals surface area contributed by atoms with Crippen LogP contribution >= 0.6 is 11.6 Å². The molecule has 0 bridgehead atoms. The zero-order valence-corrected chi connectivity index (χ0v) is 14.3. The second-order valence-electron chi connectivity index (χ2n) is 5.01. The van der Waals surface area contributed by atoms with Crippen molar-refractivity contribution in [3.05, 3.63) is 52.5 Å². The maximum Gasteiger partial charge on any atom is 0.329 e. The molecule has 0 saturated heterocycles. The molecule has 0 aliphatic carbocycles. The van der Waals surface area contributed by atoms with Crippen LogP contribution in [-0.4, -0.2) is 30.2 Å². The highest BCUT2D eigenvalue weighted by molar-refractivity contribution is 6.40. The van der Waals surface area contributed by atoms with E-state index in [-0.39, 0.29) is 11.5 Å². The van der Waals surface area contributed by atoms with Crippen LogP contribution in [0, 0.1) is 6.92 Å². The summed E-state index contributed by atoms with van der Waals surface area (Å²) >= 11 is 5.86. The number of hydrogen-bond acceptors (Lipinski definition) is 5. The van der Waals surface area contributed by atoms with Gasteiger partial charge in [0.2, 0.25) is 0 Å². The summed E-state index contributed by atoms with van der Waals surface area (Å²) in [5.74, 6) is -1.71. The van der Waals surface area contributed by atoms with Gasteiger partial charge >= 0.3 is 11.8 Å². The Morgan fingerprint density at radius 1 is 1.24 bits per heavy atom. The van der Waals surface area contributed by atoms with Gasteiger partial charge in [0.15, 0.2) is 11.5 Å². The van der Waals surface area contributed by atoms with Crippen molar-refractivity contribution >= 4 is 35.3 Å². The number of aromatic hydroxyl groups is 1. The quantitative estimate of drug-likeness (QED) is 0.442. The van der Waals surface area contributed by atoms with Gasteiger partial charge in [0.25, 0.3) is 0 Å². The Balaban J connectivity index is 2.00. The minimum Gasteiger partial charge on any atom is -0.504 e. The van der Waals surface area contributed by atoms with Crippen LogP contribution in [0.1, 0.15) is 11.1 Å². The Kier molecular flexibility index (Phi) is 5.97. The average molecular weight is 362 g/mol. The van der Waals surface area contributed by atoms with E-state index in [0.717, 1.165) is 5.56 Å². The third-order valence-corrected chi connectivity index (χ3v) is 3.51. The van der Waals surface area contributed by atoms with Crippen LogP contribution in [0.2, 0.25) is 5.02 Å². The van der Waals surface area contributed by atoms with Crippen molar-refractivity contribution in [2.45, 2.75) is 6.92 Å². The van der Waals surface area contributed by atoms with Gasteiger partial charge in [-0.15, -0.1) is 0 Å². The molecule has 8 heteroatoms. The van der Waals surface area contributed by atoms with Crippen molar-refractivity contribution in [2.75, 3.05) is 12.4 Å². The van der Waals surface area contributed by atoms with Gasteiger partial charge in [-0.25, -0.2) is 5.43 Å². The number of para-hydroxylation sites is 1. The molecule has 0 aliphatic heterocycles. The lowest BCUT2D eigenvalue weighted by Gasteiger charge is -2.08. The summed E-state index contributed by atoms with van der Waals surface area (Å²) in [6, 6.07) is 9.74.